The number of nitrogens with zero attached hydrogens (tertiary/aromatic N) is 4. The Hall–Kier alpha value is -2.63. The lowest BCUT2D eigenvalue weighted by molar-refractivity contribution is 0.0498. The molecule has 4 rings (SSSR count). The van der Waals surface area contributed by atoms with Crippen LogP contribution in [0.1, 0.15) is 22.0 Å². The molecule has 5 nitrogen and oxygen atoms in total. The van der Waals surface area contributed by atoms with Crippen molar-refractivity contribution in [2.24, 2.45) is 0 Å². The second-order valence-electron chi connectivity index (χ2n) is 6.81. The first-order chi connectivity index (χ1) is 13.1. The molecule has 0 radical (unpaired) electrons. The lowest BCUT2D eigenvalue weighted by Crippen LogP contribution is -2.49. The van der Waals surface area contributed by atoms with E-state index in [9.17, 15) is 4.79 Å². The molecule has 6 heteroatoms. The van der Waals surface area contributed by atoms with E-state index in [1.165, 1.54) is 0 Å². The highest BCUT2D eigenvalue weighted by atomic mass is 35.5. The Labute approximate surface area is 163 Å². The molecule has 138 valence electrons. The molecular formula is C21H21ClN4O. The maximum absolute atomic E-state index is 13.2. The Kier molecular flexibility index (Phi) is 4.97. The van der Waals surface area contributed by atoms with Crippen molar-refractivity contribution in [1.82, 2.24) is 19.6 Å². The molecule has 1 amide bonds. The van der Waals surface area contributed by atoms with Crippen LogP contribution in [0.3, 0.4) is 0 Å². The summed E-state index contributed by atoms with van der Waals surface area (Å²) >= 11 is 6.25. The van der Waals surface area contributed by atoms with Gasteiger partial charge in [-0.1, -0.05) is 54.1 Å². The van der Waals surface area contributed by atoms with Crippen LogP contribution in [-0.2, 0) is 0 Å². The second kappa shape index (κ2) is 7.55. The molecule has 2 heterocycles. The fourth-order valence-electron chi connectivity index (χ4n) is 3.49. The molecule has 1 aromatic heterocycles. The number of likely N-dealkylation sites (N-methyl/N-ethyl adjacent to an activating group) is 1. The number of hydrogen-bond donors (Lipinski definition) is 0. The van der Waals surface area contributed by atoms with E-state index >= 15 is 0 Å². The van der Waals surface area contributed by atoms with E-state index in [0.29, 0.717) is 17.1 Å². The molecule has 1 aliphatic heterocycles. The molecule has 1 fully saturated rings. The molecule has 2 aromatic carbocycles. The van der Waals surface area contributed by atoms with Crippen molar-refractivity contribution in [3.8, 4) is 5.69 Å². The molecular weight excluding hydrogens is 360 g/mol. The highest BCUT2D eigenvalue weighted by Crippen LogP contribution is 2.27. The molecule has 0 spiro atoms. The first kappa shape index (κ1) is 17.8. The number of rotatable bonds is 3. The summed E-state index contributed by atoms with van der Waals surface area (Å²) in [4.78, 5) is 17.4. The lowest BCUT2D eigenvalue weighted by Gasteiger charge is -2.40. The van der Waals surface area contributed by atoms with Gasteiger partial charge in [-0.2, -0.15) is 5.10 Å². The molecule has 1 atom stereocenters. The van der Waals surface area contributed by atoms with E-state index in [4.69, 9.17) is 11.6 Å². The summed E-state index contributed by atoms with van der Waals surface area (Å²) in [6, 6.07) is 17.7. The van der Waals surface area contributed by atoms with Gasteiger partial charge in [-0.15, -0.1) is 0 Å². The molecule has 0 N–H and O–H groups in total. The molecule has 0 bridgehead atoms. The van der Waals surface area contributed by atoms with E-state index in [1.54, 1.807) is 17.1 Å². The van der Waals surface area contributed by atoms with Crippen molar-refractivity contribution in [1.29, 1.82) is 0 Å². The van der Waals surface area contributed by atoms with Crippen LogP contribution in [0.4, 0.5) is 0 Å². The summed E-state index contributed by atoms with van der Waals surface area (Å²) in [5, 5.41) is 4.95. The summed E-state index contributed by atoms with van der Waals surface area (Å²) in [6.45, 7) is 2.36. The van der Waals surface area contributed by atoms with Crippen LogP contribution >= 0.6 is 11.6 Å². The standard InChI is InChI=1S/C21H21ClN4O/c1-24-11-12-25(20(15-24)16-7-3-2-4-8-16)21(27)17-13-23-26(14-17)19-10-6-5-9-18(19)22/h2-10,13-14,20H,11-12,15H2,1H3. The monoisotopic (exact) mass is 380 g/mol. The SMILES string of the molecule is CN1CCN(C(=O)c2cnn(-c3ccccc3Cl)c2)C(c2ccccc2)C1. The number of halogens is 1. The van der Waals surface area contributed by atoms with E-state index < -0.39 is 0 Å². The average Bonchev–Trinajstić information content (AvgIpc) is 3.18. The van der Waals surface area contributed by atoms with Gasteiger partial charge in [-0.05, 0) is 24.7 Å². The summed E-state index contributed by atoms with van der Waals surface area (Å²) in [6.07, 6.45) is 3.37. The number of aromatic nitrogens is 2. The summed E-state index contributed by atoms with van der Waals surface area (Å²) < 4.78 is 1.66. The van der Waals surface area contributed by atoms with Crippen molar-refractivity contribution in [3.05, 3.63) is 83.1 Å². The summed E-state index contributed by atoms with van der Waals surface area (Å²) in [7, 11) is 2.09. The van der Waals surface area contributed by atoms with Gasteiger partial charge in [0.05, 0.1) is 28.5 Å². The van der Waals surface area contributed by atoms with Gasteiger partial charge < -0.3 is 9.80 Å². The van der Waals surface area contributed by atoms with E-state index in [-0.39, 0.29) is 11.9 Å². The number of amides is 1. The van der Waals surface area contributed by atoms with Crippen LogP contribution in [0, 0.1) is 0 Å². The third-order valence-corrected chi connectivity index (χ3v) is 5.28. The van der Waals surface area contributed by atoms with Crippen LogP contribution < -0.4 is 0 Å². The molecule has 0 aliphatic carbocycles. The Morgan fingerprint density at radius 3 is 2.59 bits per heavy atom. The quantitative estimate of drug-likeness (QED) is 0.696. The minimum atomic E-state index is -0.00439. The van der Waals surface area contributed by atoms with Crippen molar-refractivity contribution in [3.63, 3.8) is 0 Å². The third-order valence-electron chi connectivity index (χ3n) is 4.96. The zero-order chi connectivity index (χ0) is 18.8. The fourth-order valence-corrected chi connectivity index (χ4v) is 3.71. The maximum atomic E-state index is 13.2. The Morgan fingerprint density at radius 1 is 1.07 bits per heavy atom. The predicted molar refractivity (Wildman–Crippen MR) is 106 cm³/mol. The molecule has 0 saturated carbocycles. The highest BCUT2D eigenvalue weighted by molar-refractivity contribution is 6.32. The van der Waals surface area contributed by atoms with Gasteiger partial charge in [-0.25, -0.2) is 4.68 Å². The lowest BCUT2D eigenvalue weighted by atomic mass is 10.0. The highest BCUT2D eigenvalue weighted by Gasteiger charge is 2.31. The molecule has 3 aromatic rings. The second-order valence-corrected chi connectivity index (χ2v) is 7.22. The van der Waals surface area contributed by atoms with Gasteiger partial charge in [0.1, 0.15) is 0 Å². The zero-order valence-electron chi connectivity index (χ0n) is 15.1. The van der Waals surface area contributed by atoms with Crippen LogP contribution in [0.25, 0.3) is 5.69 Å². The molecule has 1 saturated heterocycles. The Bertz CT molecular complexity index is 940. The van der Waals surface area contributed by atoms with Crippen molar-refractivity contribution in [2.45, 2.75) is 6.04 Å². The van der Waals surface area contributed by atoms with Crippen molar-refractivity contribution in [2.75, 3.05) is 26.7 Å². The first-order valence-electron chi connectivity index (χ1n) is 8.97. The predicted octanol–water partition coefficient (Wildman–Crippen LogP) is 3.65. The maximum Gasteiger partial charge on any atom is 0.257 e. The van der Waals surface area contributed by atoms with E-state index in [0.717, 1.165) is 24.3 Å². The number of benzene rings is 2. The number of carbonyl (C=O) groups excluding carboxylic acids is 1. The largest absolute Gasteiger partial charge is 0.329 e. The zero-order valence-corrected chi connectivity index (χ0v) is 15.9. The van der Waals surface area contributed by atoms with Crippen molar-refractivity contribution >= 4 is 17.5 Å². The van der Waals surface area contributed by atoms with Crippen LogP contribution in [-0.4, -0.2) is 52.2 Å². The number of piperazine rings is 1. The van der Waals surface area contributed by atoms with Gasteiger partial charge in [0.25, 0.3) is 5.91 Å². The molecule has 27 heavy (non-hydrogen) atoms. The summed E-state index contributed by atoms with van der Waals surface area (Å²) in [5.41, 5.74) is 2.48. The van der Waals surface area contributed by atoms with Gasteiger partial charge in [-0.3, -0.25) is 4.79 Å². The number of carbonyl (C=O) groups is 1. The summed E-state index contributed by atoms with van der Waals surface area (Å²) in [5.74, 6) is -0.00439. The number of hydrogen-bond acceptors (Lipinski definition) is 3. The minimum absolute atomic E-state index is 0.00439. The van der Waals surface area contributed by atoms with Crippen LogP contribution in [0.2, 0.25) is 5.02 Å². The molecule has 1 aliphatic rings. The molecule has 1 unspecified atom stereocenters. The smallest absolute Gasteiger partial charge is 0.257 e. The van der Waals surface area contributed by atoms with Gasteiger partial charge >= 0.3 is 0 Å². The Morgan fingerprint density at radius 2 is 1.81 bits per heavy atom. The van der Waals surface area contributed by atoms with Gasteiger partial charge in [0.15, 0.2) is 0 Å². The fraction of sp³-hybridized carbons (Fsp3) is 0.238. The van der Waals surface area contributed by atoms with Crippen molar-refractivity contribution < 1.29 is 4.79 Å². The van der Waals surface area contributed by atoms with Crippen LogP contribution in [0.5, 0.6) is 0 Å². The van der Waals surface area contributed by atoms with Gasteiger partial charge in [0.2, 0.25) is 0 Å². The van der Waals surface area contributed by atoms with E-state index in [2.05, 4.69) is 29.2 Å². The van der Waals surface area contributed by atoms with Gasteiger partial charge in [0, 0.05) is 25.8 Å². The number of para-hydroxylation sites is 1. The Balaban J connectivity index is 1.62. The first-order valence-corrected chi connectivity index (χ1v) is 9.35. The average molecular weight is 381 g/mol. The third kappa shape index (κ3) is 3.61. The topological polar surface area (TPSA) is 41.4 Å². The van der Waals surface area contributed by atoms with Crippen LogP contribution in [0.15, 0.2) is 67.0 Å². The normalized spacial score (nSPS) is 17.9. The van der Waals surface area contributed by atoms with E-state index in [1.807, 2.05) is 47.4 Å². The minimum Gasteiger partial charge on any atom is -0.329 e.